The Morgan fingerprint density at radius 2 is 1.96 bits per heavy atom. The fourth-order valence-electron chi connectivity index (χ4n) is 3.13. The van der Waals surface area contributed by atoms with E-state index in [4.69, 9.17) is 4.74 Å². The zero-order valence-electron chi connectivity index (χ0n) is 12.7. The number of carbonyl (C=O) groups is 2. The van der Waals surface area contributed by atoms with Gasteiger partial charge in [0.15, 0.2) is 0 Å². The van der Waals surface area contributed by atoms with Crippen molar-refractivity contribution in [3.63, 3.8) is 0 Å². The minimum Gasteiger partial charge on any atom is -0.497 e. The minimum absolute atomic E-state index is 0.0897. The summed E-state index contributed by atoms with van der Waals surface area (Å²) in [5.74, 6) is 0.673. The van der Waals surface area contributed by atoms with Crippen molar-refractivity contribution >= 4 is 50.9 Å². The molecule has 24 heavy (non-hydrogen) atoms. The molecule has 0 radical (unpaired) electrons. The highest BCUT2D eigenvalue weighted by molar-refractivity contribution is 9.10. The van der Waals surface area contributed by atoms with E-state index in [0.717, 1.165) is 15.7 Å². The van der Waals surface area contributed by atoms with E-state index in [2.05, 4.69) is 21.2 Å². The summed E-state index contributed by atoms with van der Waals surface area (Å²) in [6.45, 7) is 0. The number of fused-ring (bicyclic) bond motifs is 2. The first kappa shape index (κ1) is 15.5. The Kier molecular flexibility index (Phi) is 3.58. The highest BCUT2D eigenvalue weighted by atomic mass is 79.9. The smallest absolute Gasteiger partial charge is 0.266 e. The number of ether oxygens (including phenoxy) is 1. The lowest BCUT2D eigenvalue weighted by molar-refractivity contribution is -0.122. The van der Waals surface area contributed by atoms with Crippen LogP contribution in [0.5, 0.6) is 5.75 Å². The second-order valence-corrected chi connectivity index (χ2v) is 7.59. The van der Waals surface area contributed by atoms with Gasteiger partial charge in [-0.15, -0.1) is 11.8 Å². The highest BCUT2D eigenvalue weighted by Crippen LogP contribution is 2.54. The number of anilines is 2. The zero-order chi connectivity index (χ0) is 16.9. The van der Waals surface area contributed by atoms with Crippen LogP contribution in [0.25, 0.3) is 0 Å². The first-order valence-electron chi connectivity index (χ1n) is 7.29. The quantitative estimate of drug-likeness (QED) is 0.833. The lowest BCUT2D eigenvalue weighted by Gasteiger charge is -2.32. The molecule has 5 nitrogen and oxygen atoms in total. The van der Waals surface area contributed by atoms with Crippen molar-refractivity contribution in [2.24, 2.45) is 0 Å². The number of benzene rings is 2. The van der Waals surface area contributed by atoms with Gasteiger partial charge in [-0.3, -0.25) is 14.5 Å². The molecule has 2 amide bonds. The van der Waals surface area contributed by atoms with Crippen LogP contribution in [-0.4, -0.2) is 24.7 Å². The van der Waals surface area contributed by atoms with Gasteiger partial charge in [0.2, 0.25) is 10.8 Å². The molecule has 1 atom stereocenters. The van der Waals surface area contributed by atoms with E-state index < -0.39 is 4.87 Å². The molecular formula is C17H13BrN2O3S. The van der Waals surface area contributed by atoms with Crippen molar-refractivity contribution in [1.82, 2.24) is 0 Å². The van der Waals surface area contributed by atoms with E-state index in [9.17, 15) is 9.59 Å². The Labute approximate surface area is 151 Å². The molecule has 1 fully saturated rings. The Bertz CT molecular complexity index is 855. The van der Waals surface area contributed by atoms with Crippen molar-refractivity contribution in [2.75, 3.05) is 23.1 Å². The standard InChI is InChI=1S/C17H13BrN2O3S/c1-23-12-5-3-11(4-6-12)20-15(21)9-24-17(20)13-8-10(18)2-7-14(13)19-16(17)22/h2-8H,9H2,1H3,(H,19,22)/t17-/m0/s1. The molecule has 4 rings (SSSR count). The number of thioether (sulfide) groups is 1. The third kappa shape index (κ3) is 2.08. The van der Waals surface area contributed by atoms with Crippen molar-refractivity contribution in [2.45, 2.75) is 4.87 Å². The second kappa shape index (κ2) is 5.53. The fraction of sp³-hybridized carbons (Fsp3) is 0.176. The van der Waals surface area contributed by atoms with Gasteiger partial charge in [-0.05, 0) is 42.5 Å². The lowest BCUT2D eigenvalue weighted by Crippen LogP contribution is -2.47. The van der Waals surface area contributed by atoms with Gasteiger partial charge in [0.1, 0.15) is 5.75 Å². The molecule has 0 aromatic heterocycles. The van der Waals surface area contributed by atoms with Crippen LogP contribution in [0.1, 0.15) is 5.56 Å². The molecule has 1 spiro atoms. The number of methoxy groups -OCH3 is 1. The van der Waals surface area contributed by atoms with Crippen LogP contribution < -0.4 is 15.0 Å². The number of rotatable bonds is 2. The molecule has 122 valence electrons. The Balaban J connectivity index is 1.88. The average molecular weight is 405 g/mol. The SMILES string of the molecule is COc1ccc(N2C(=O)CS[C@@]23C(=O)Nc2ccc(Br)cc23)cc1. The number of nitrogens with zero attached hydrogens (tertiary/aromatic N) is 1. The van der Waals surface area contributed by atoms with Gasteiger partial charge in [0.05, 0.1) is 12.9 Å². The van der Waals surface area contributed by atoms with E-state index in [-0.39, 0.29) is 17.6 Å². The summed E-state index contributed by atoms with van der Waals surface area (Å²) in [7, 11) is 1.59. The van der Waals surface area contributed by atoms with E-state index in [1.54, 1.807) is 36.3 Å². The summed E-state index contributed by atoms with van der Waals surface area (Å²) in [5, 5.41) is 2.90. The highest BCUT2D eigenvalue weighted by Gasteiger charge is 2.58. The predicted molar refractivity (Wildman–Crippen MR) is 97.4 cm³/mol. The first-order valence-corrected chi connectivity index (χ1v) is 9.06. The van der Waals surface area contributed by atoms with Gasteiger partial charge in [-0.25, -0.2) is 0 Å². The third-order valence-corrected chi connectivity index (χ3v) is 6.09. The van der Waals surface area contributed by atoms with Gasteiger partial charge in [-0.2, -0.15) is 0 Å². The number of halogens is 1. The van der Waals surface area contributed by atoms with Gasteiger partial charge >= 0.3 is 0 Å². The maximum Gasteiger partial charge on any atom is 0.266 e. The van der Waals surface area contributed by atoms with Crippen molar-refractivity contribution in [1.29, 1.82) is 0 Å². The molecule has 0 unspecified atom stereocenters. The van der Waals surface area contributed by atoms with Crippen molar-refractivity contribution in [3.8, 4) is 5.75 Å². The molecule has 2 heterocycles. The van der Waals surface area contributed by atoms with Crippen LogP contribution in [0.15, 0.2) is 46.9 Å². The molecule has 2 aromatic rings. The molecule has 0 aliphatic carbocycles. The maximum absolute atomic E-state index is 12.9. The fourth-order valence-corrected chi connectivity index (χ4v) is 4.79. The van der Waals surface area contributed by atoms with Crippen LogP contribution >= 0.6 is 27.7 Å². The van der Waals surface area contributed by atoms with Gasteiger partial charge in [0.25, 0.3) is 5.91 Å². The molecule has 2 aromatic carbocycles. The summed E-state index contributed by atoms with van der Waals surface area (Å²) < 4.78 is 6.04. The molecule has 0 saturated carbocycles. The van der Waals surface area contributed by atoms with E-state index in [0.29, 0.717) is 11.4 Å². The average Bonchev–Trinajstić information content (AvgIpc) is 3.07. The van der Waals surface area contributed by atoms with Crippen LogP contribution in [-0.2, 0) is 14.5 Å². The molecule has 1 saturated heterocycles. The predicted octanol–water partition coefficient (Wildman–Crippen LogP) is 3.34. The minimum atomic E-state index is -1.06. The number of nitrogens with one attached hydrogen (secondary N) is 1. The van der Waals surface area contributed by atoms with Crippen molar-refractivity contribution < 1.29 is 14.3 Å². The van der Waals surface area contributed by atoms with Crippen molar-refractivity contribution in [3.05, 3.63) is 52.5 Å². The van der Waals surface area contributed by atoms with Crippen LogP contribution in [0.4, 0.5) is 11.4 Å². The van der Waals surface area contributed by atoms with Gasteiger partial charge in [0, 0.05) is 21.4 Å². The zero-order valence-corrected chi connectivity index (χ0v) is 15.1. The summed E-state index contributed by atoms with van der Waals surface area (Å²) in [4.78, 5) is 26.0. The second-order valence-electron chi connectivity index (χ2n) is 5.50. The molecular weight excluding hydrogens is 392 g/mol. The molecule has 7 heteroatoms. The van der Waals surface area contributed by atoms with Gasteiger partial charge < -0.3 is 10.1 Å². The van der Waals surface area contributed by atoms with E-state index in [1.807, 2.05) is 18.2 Å². The maximum atomic E-state index is 12.9. The largest absolute Gasteiger partial charge is 0.497 e. The Hall–Kier alpha value is -1.99. The number of amides is 2. The van der Waals surface area contributed by atoms with Crippen LogP contribution in [0.2, 0.25) is 0 Å². The van der Waals surface area contributed by atoms with E-state index >= 15 is 0 Å². The number of hydrogen-bond donors (Lipinski definition) is 1. The summed E-state index contributed by atoms with van der Waals surface area (Å²) in [6, 6.07) is 12.8. The third-order valence-electron chi connectivity index (χ3n) is 4.20. The number of hydrogen-bond acceptors (Lipinski definition) is 4. The molecule has 1 N–H and O–H groups in total. The van der Waals surface area contributed by atoms with Gasteiger partial charge in [-0.1, -0.05) is 15.9 Å². The first-order chi connectivity index (χ1) is 11.6. The van der Waals surface area contributed by atoms with Crippen LogP contribution in [0.3, 0.4) is 0 Å². The molecule has 0 bridgehead atoms. The topological polar surface area (TPSA) is 58.6 Å². The number of carbonyl (C=O) groups excluding carboxylic acids is 2. The van der Waals surface area contributed by atoms with E-state index in [1.165, 1.54) is 11.8 Å². The summed E-state index contributed by atoms with van der Waals surface area (Å²) in [5.41, 5.74) is 2.21. The summed E-state index contributed by atoms with van der Waals surface area (Å²) >= 11 is 4.80. The molecule has 2 aliphatic heterocycles. The van der Waals surface area contributed by atoms with Crippen LogP contribution in [0, 0.1) is 0 Å². The normalized spacial score (nSPS) is 22.0. The Morgan fingerprint density at radius 1 is 1.21 bits per heavy atom. The Morgan fingerprint density at radius 3 is 2.67 bits per heavy atom. The molecule has 2 aliphatic rings. The lowest BCUT2D eigenvalue weighted by atomic mass is 10.0. The monoisotopic (exact) mass is 404 g/mol. The summed E-state index contributed by atoms with van der Waals surface area (Å²) in [6.07, 6.45) is 0.